The number of carbonyl (C=O) groups is 1. The number of rotatable bonds is 3. The van der Waals surface area contributed by atoms with Crippen molar-refractivity contribution in [2.45, 2.75) is 0 Å². The highest BCUT2D eigenvalue weighted by molar-refractivity contribution is 6.33. The second kappa shape index (κ2) is 5.14. The third-order valence-electron chi connectivity index (χ3n) is 1.77. The monoisotopic (exact) mass is 248 g/mol. The first-order valence-electron chi connectivity index (χ1n) is 4.15. The van der Waals surface area contributed by atoms with E-state index in [4.69, 9.17) is 23.2 Å². The number of aromatic nitrogens is 2. The van der Waals surface area contributed by atoms with Crippen molar-refractivity contribution in [3.63, 3.8) is 0 Å². The molecule has 1 N–H and O–H groups in total. The minimum absolute atomic E-state index is 0.124. The van der Waals surface area contributed by atoms with E-state index < -0.39 is 0 Å². The lowest BCUT2D eigenvalue weighted by molar-refractivity contribution is -0.119. The molecular formula is C8H10Cl2N4O. The van der Waals surface area contributed by atoms with Crippen LogP contribution < -0.4 is 10.2 Å². The molecule has 0 radical (unpaired) electrons. The first kappa shape index (κ1) is 12.0. The number of hydrogen-bond donors (Lipinski definition) is 1. The maximum Gasteiger partial charge on any atom is 0.239 e. The zero-order chi connectivity index (χ0) is 11.4. The molecule has 0 aliphatic heterocycles. The molecule has 15 heavy (non-hydrogen) atoms. The Hall–Kier alpha value is -1.07. The quantitative estimate of drug-likeness (QED) is 0.866. The van der Waals surface area contributed by atoms with E-state index in [-0.39, 0.29) is 22.8 Å². The van der Waals surface area contributed by atoms with E-state index in [1.165, 1.54) is 0 Å². The van der Waals surface area contributed by atoms with Gasteiger partial charge in [0, 0.05) is 20.2 Å². The van der Waals surface area contributed by atoms with Gasteiger partial charge in [0.2, 0.25) is 5.91 Å². The van der Waals surface area contributed by atoms with E-state index in [0.717, 1.165) is 0 Å². The summed E-state index contributed by atoms with van der Waals surface area (Å²) in [6.07, 6.45) is 0. The zero-order valence-electron chi connectivity index (χ0n) is 8.29. The molecule has 0 bridgehead atoms. The normalized spacial score (nSPS) is 9.87. The van der Waals surface area contributed by atoms with Gasteiger partial charge in [0.25, 0.3) is 0 Å². The maximum atomic E-state index is 11.1. The molecule has 1 aromatic heterocycles. The Morgan fingerprint density at radius 1 is 1.53 bits per heavy atom. The van der Waals surface area contributed by atoms with Gasteiger partial charge in [-0.05, 0) is 0 Å². The molecule has 0 atom stereocenters. The van der Waals surface area contributed by atoms with Crippen LogP contribution in [0.5, 0.6) is 0 Å². The number of likely N-dealkylation sites (N-methyl/N-ethyl adjacent to an activating group) is 2. The fraction of sp³-hybridized carbons (Fsp3) is 0.375. The molecule has 0 aromatic carbocycles. The second-order valence-electron chi connectivity index (χ2n) is 2.87. The number of nitrogens with one attached hydrogen (secondary N) is 1. The third kappa shape index (κ3) is 3.21. The Morgan fingerprint density at radius 3 is 2.80 bits per heavy atom. The van der Waals surface area contributed by atoms with E-state index in [1.807, 2.05) is 0 Å². The summed E-state index contributed by atoms with van der Waals surface area (Å²) in [6, 6.07) is 1.56. The fourth-order valence-corrected chi connectivity index (χ4v) is 1.37. The van der Waals surface area contributed by atoms with Gasteiger partial charge in [0.05, 0.1) is 12.2 Å². The molecule has 0 aliphatic rings. The van der Waals surface area contributed by atoms with Gasteiger partial charge in [-0.25, -0.2) is 0 Å². The lowest BCUT2D eigenvalue weighted by Crippen LogP contribution is -2.33. The molecule has 0 fully saturated rings. The summed E-state index contributed by atoms with van der Waals surface area (Å²) in [7, 11) is 3.28. The van der Waals surface area contributed by atoms with Gasteiger partial charge in [-0.1, -0.05) is 23.2 Å². The van der Waals surface area contributed by atoms with Crippen molar-refractivity contribution >= 4 is 34.8 Å². The van der Waals surface area contributed by atoms with Crippen LogP contribution in [-0.4, -0.2) is 36.7 Å². The summed E-state index contributed by atoms with van der Waals surface area (Å²) in [5, 5.41) is 10.2. The van der Waals surface area contributed by atoms with Crippen LogP contribution >= 0.6 is 23.2 Å². The smallest absolute Gasteiger partial charge is 0.239 e. The molecule has 0 saturated carbocycles. The molecular weight excluding hydrogens is 239 g/mol. The number of anilines is 1. The minimum atomic E-state index is -0.124. The zero-order valence-corrected chi connectivity index (χ0v) is 9.80. The van der Waals surface area contributed by atoms with Gasteiger partial charge in [0.15, 0.2) is 10.3 Å². The van der Waals surface area contributed by atoms with Crippen LogP contribution in [0.4, 0.5) is 5.69 Å². The molecule has 1 rings (SSSR count). The summed E-state index contributed by atoms with van der Waals surface area (Å²) in [6.45, 7) is 0.179. The number of nitrogens with zero attached hydrogens (tertiary/aromatic N) is 3. The van der Waals surface area contributed by atoms with Crippen LogP contribution in [0.3, 0.4) is 0 Å². The average Bonchev–Trinajstić information content (AvgIpc) is 2.21. The lowest BCUT2D eigenvalue weighted by Gasteiger charge is -2.18. The highest BCUT2D eigenvalue weighted by Gasteiger charge is 2.11. The van der Waals surface area contributed by atoms with Gasteiger partial charge in [-0.15, -0.1) is 10.2 Å². The van der Waals surface area contributed by atoms with Crippen molar-refractivity contribution in [2.24, 2.45) is 0 Å². The summed E-state index contributed by atoms with van der Waals surface area (Å²) >= 11 is 11.5. The SMILES string of the molecule is CNC(=O)CN(C)c1cc(Cl)nnc1Cl. The van der Waals surface area contributed by atoms with Gasteiger partial charge in [-0.2, -0.15) is 0 Å². The van der Waals surface area contributed by atoms with Crippen LogP contribution in [0.25, 0.3) is 0 Å². The number of halogens is 2. The first-order valence-corrected chi connectivity index (χ1v) is 4.90. The summed E-state index contributed by atoms with van der Waals surface area (Å²) in [5.74, 6) is -0.124. The maximum absolute atomic E-state index is 11.1. The Bertz CT molecular complexity index is 372. The van der Waals surface area contributed by atoms with Crippen molar-refractivity contribution in [3.05, 3.63) is 16.4 Å². The van der Waals surface area contributed by atoms with E-state index in [9.17, 15) is 4.79 Å². The van der Waals surface area contributed by atoms with Gasteiger partial charge in [0.1, 0.15) is 0 Å². The number of hydrogen-bond acceptors (Lipinski definition) is 4. The topological polar surface area (TPSA) is 58.1 Å². The Labute approximate surface area is 97.4 Å². The molecule has 82 valence electrons. The van der Waals surface area contributed by atoms with Crippen LogP contribution in [0.1, 0.15) is 0 Å². The van der Waals surface area contributed by atoms with Crippen LogP contribution in [0, 0.1) is 0 Å². The Morgan fingerprint density at radius 2 is 2.20 bits per heavy atom. The van der Waals surface area contributed by atoms with Gasteiger partial charge in [-0.3, -0.25) is 4.79 Å². The third-order valence-corrected chi connectivity index (χ3v) is 2.23. The van der Waals surface area contributed by atoms with Crippen molar-refractivity contribution in [1.29, 1.82) is 0 Å². The number of amides is 1. The largest absolute Gasteiger partial charge is 0.363 e. The van der Waals surface area contributed by atoms with Crippen molar-refractivity contribution in [3.8, 4) is 0 Å². The Kier molecular flexibility index (Phi) is 4.11. The van der Waals surface area contributed by atoms with E-state index >= 15 is 0 Å². The number of carbonyl (C=O) groups excluding carboxylic acids is 1. The highest BCUT2D eigenvalue weighted by atomic mass is 35.5. The molecule has 1 aromatic rings. The Balaban J connectivity index is 2.85. The second-order valence-corrected chi connectivity index (χ2v) is 3.62. The average molecular weight is 249 g/mol. The molecule has 7 heteroatoms. The summed E-state index contributed by atoms with van der Waals surface area (Å²) in [4.78, 5) is 12.8. The molecule has 0 saturated heterocycles. The van der Waals surface area contributed by atoms with E-state index in [2.05, 4.69) is 15.5 Å². The fourth-order valence-electron chi connectivity index (χ4n) is 0.991. The van der Waals surface area contributed by atoms with Crippen molar-refractivity contribution < 1.29 is 4.79 Å². The van der Waals surface area contributed by atoms with Crippen LogP contribution in [0.15, 0.2) is 6.07 Å². The molecule has 0 unspecified atom stereocenters. The summed E-state index contributed by atoms with van der Waals surface area (Å²) < 4.78 is 0. The molecule has 1 heterocycles. The molecule has 1 amide bonds. The molecule has 0 aliphatic carbocycles. The summed E-state index contributed by atoms with van der Waals surface area (Å²) in [5.41, 5.74) is 0.570. The predicted molar refractivity (Wildman–Crippen MR) is 59.4 cm³/mol. The van der Waals surface area contributed by atoms with Crippen molar-refractivity contribution in [1.82, 2.24) is 15.5 Å². The van der Waals surface area contributed by atoms with Crippen molar-refractivity contribution in [2.75, 3.05) is 25.5 Å². The van der Waals surface area contributed by atoms with Gasteiger partial charge >= 0.3 is 0 Å². The highest BCUT2D eigenvalue weighted by Crippen LogP contribution is 2.23. The van der Waals surface area contributed by atoms with Crippen LogP contribution in [-0.2, 0) is 4.79 Å². The first-order chi connectivity index (χ1) is 7.04. The predicted octanol–water partition coefficient (Wildman–Crippen LogP) is 0.966. The standard InChI is InChI=1S/C8H10Cl2N4O/c1-11-7(15)4-14(2)5-3-6(9)12-13-8(5)10/h3H,4H2,1-2H3,(H,11,15). The van der Waals surface area contributed by atoms with E-state index in [0.29, 0.717) is 5.69 Å². The molecule has 5 nitrogen and oxygen atoms in total. The lowest BCUT2D eigenvalue weighted by atomic mass is 10.4. The van der Waals surface area contributed by atoms with Gasteiger partial charge < -0.3 is 10.2 Å². The minimum Gasteiger partial charge on any atom is -0.363 e. The van der Waals surface area contributed by atoms with E-state index in [1.54, 1.807) is 25.1 Å². The molecule has 0 spiro atoms. The van der Waals surface area contributed by atoms with Crippen LogP contribution in [0.2, 0.25) is 10.3 Å².